The van der Waals surface area contributed by atoms with Gasteiger partial charge in [0, 0.05) is 23.5 Å². The summed E-state index contributed by atoms with van der Waals surface area (Å²) < 4.78 is 1.80. The van der Waals surface area contributed by atoms with Gasteiger partial charge in [0.2, 0.25) is 5.91 Å². The van der Waals surface area contributed by atoms with Crippen LogP contribution in [-0.2, 0) is 4.79 Å². The van der Waals surface area contributed by atoms with Gasteiger partial charge in [-0.05, 0) is 45.0 Å². The van der Waals surface area contributed by atoms with Gasteiger partial charge in [0.05, 0.1) is 22.8 Å². The Balaban J connectivity index is 1.89. The normalized spacial score (nSPS) is 11.2. The van der Waals surface area contributed by atoms with E-state index in [0.717, 1.165) is 21.6 Å². The Labute approximate surface area is 166 Å². The van der Waals surface area contributed by atoms with Gasteiger partial charge in [-0.3, -0.25) is 9.59 Å². The molecule has 142 valence electrons. The molecular weight excluding hydrogens is 384 g/mol. The fourth-order valence-corrected chi connectivity index (χ4v) is 4.14. The van der Waals surface area contributed by atoms with Crippen LogP contribution in [0.2, 0.25) is 5.02 Å². The maximum atomic E-state index is 12.8. The zero-order valence-electron chi connectivity index (χ0n) is 15.6. The number of benzene rings is 1. The fourth-order valence-electron chi connectivity index (χ4n) is 2.78. The van der Waals surface area contributed by atoms with Crippen LogP contribution in [0.1, 0.15) is 29.2 Å². The van der Waals surface area contributed by atoms with Gasteiger partial charge in [0.1, 0.15) is 4.83 Å². The number of likely N-dealkylation sites (N-methyl/N-ethyl adjacent to an activating group) is 1. The lowest BCUT2D eigenvalue weighted by molar-refractivity contribution is -0.122. The average Bonchev–Trinajstić information content (AvgIpc) is 3.14. The number of carbonyl (C=O) groups excluding carboxylic acids is 2. The number of aromatic nitrogens is 2. The molecule has 1 N–H and O–H groups in total. The molecule has 0 unspecified atom stereocenters. The molecule has 0 spiro atoms. The van der Waals surface area contributed by atoms with E-state index in [1.807, 2.05) is 45.0 Å². The Bertz CT molecular complexity index is 1010. The number of fused-ring (bicyclic) bond motifs is 1. The molecule has 2 amide bonds. The molecule has 0 saturated carbocycles. The third-order valence-corrected chi connectivity index (χ3v) is 5.32. The van der Waals surface area contributed by atoms with Crippen molar-refractivity contribution >= 4 is 45.0 Å². The maximum Gasteiger partial charge on any atom is 0.264 e. The van der Waals surface area contributed by atoms with Gasteiger partial charge in [0.15, 0.2) is 0 Å². The fraction of sp³-hybridized carbons (Fsp3) is 0.316. The Morgan fingerprint density at radius 2 is 2.07 bits per heavy atom. The van der Waals surface area contributed by atoms with Crippen molar-refractivity contribution in [2.75, 3.05) is 13.6 Å². The topological polar surface area (TPSA) is 67.2 Å². The number of rotatable bonds is 5. The zero-order chi connectivity index (χ0) is 19.7. The van der Waals surface area contributed by atoms with Gasteiger partial charge in [-0.2, -0.15) is 5.10 Å². The van der Waals surface area contributed by atoms with Gasteiger partial charge in [-0.25, -0.2) is 4.68 Å². The molecule has 0 atom stereocenters. The summed E-state index contributed by atoms with van der Waals surface area (Å²) >= 11 is 7.46. The average molecular weight is 405 g/mol. The lowest BCUT2D eigenvalue weighted by Crippen LogP contribution is -2.40. The predicted molar refractivity (Wildman–Crippen MR) is 109 cm³/mol. The van der Waals surface area contributed by atoms with E-state index in [1.165, 1.54) is 16.2 Å². The zero-order valence-corrected chi connectivity index (χ0v) is 17.2. The minimum atomic E-state index is -0.188. The lowest BCUT2D eigenvalue weighted by atomic mass is 10.3. The van der Waals surface area contributed by atoms with Crippen LogP contribution in [0.4, 0.5) is 0 Å². The van der Waals surface area contributed by atoms with E-state index < -0.39 is 0 Å². The molecule has 2 heterocycles. The summed E-state index contributed by atoms with van der Waals surface area (Å²) in [5.41, 5.74) is 1.67. The summed E-state index contributed by atoms with van der Waals surface area (Å²) in [4.78, 5) is 27.5. The largest absolute Gasteiger partial charge is 0.352 e. The molecule has 6 nitrogen and oxygen atoms in total. The first-order valence-corrected chi connectivity index (χ1v) is 9.75. The molecular formula is C19H21ClN4O2S. The summed E-state index contributed by atoms with van der Waals surface area (Å²) in [5.74, 6) is -0.365. The van der Waals surface area contributed by atoms with Crippen LogP contribution in [-0.4, -0.2) is 46.1 Å². The smallest absolute Gasteiger partial charge is 0.264 e. The first-order chi connectivity index (χ1) is 12.8. The van der Waals surface area contributed by atoms with Gasteiger partial charge in [-0.15, -0.1) is 11.3 Å². The number of carbonyl (C=O) groups is 2. The molecule has 0 bridgehead atoms. The summed E-state index contributed by atoms with van der Waals surface area (Å²) in [5, 5.41) is 8.90. The Morgan fingerprint density at radius 1 is 1.33 bits per heavy atom. The maximum absolute atomic E-state index is 12.8. The van der Waals surface area contributed by atoms with Crippen molar-refractivity contribution < 1.29 is 9.59 Å². The summed E-state index contributed by atoms with van der Waals surface area (Å²) in [7, 11) is 1.63. The third kappa shape index (κ3) is 4.14. The van der Waals surface area contributed by atoms with E-state index in [0.29, 0.717) is 9.90 Å². The minimum absolute atomic E-state index is 0.0185. The van der Waals surface area contributed by atoms with E-state index in [4.69, 9.17) is 11.6 Å². The standard InChI is InChI=1S/C19H21ClN4O2S/c1-11(2)21-17(25)10-23(4)18(26)16-9-15-12(3)22-24(19(15)27-16)14-7-5-6-13(20)8-14/h5-9,11H,10H2,1-4H3,(H,21,25). The molecule has 3 rings (SSSR count). The molecule has 0 fully saturated rings. The molecule has 0 radical (unpaired) electrons. The summed E-state index contributed by atoms with van der Waals surface area (Å²) in [6.45, 7) is 5.70. The monoisotopic (exact) mass is 404 g/mol. The molecule has 0 saturated heterocycles. The number of hydrogen-bond acceptors (Lipinski definition) is 4. The highest BCUT2D eigenvalue weighted by Gasteiger charge is 2.21. The van der Waals surface area contributed by atoms with Gasteiger partial charge in [0.25, 0.3) is 5.91 Å². The second-order valence-electron chi connectivity index (χ2n) is 6.69. The summed E-state index contributed by atoms with van der Waals surface area (Å²) in [6, 6.07) is 9.29. The van der Waals surface area contributed by atoms with Crippen LogP contribution in [0.15, 0.2) is 30.3 Å². The van der Waals surface area contributed by atoms with Gasteiger partial charge in [-0.1, -0.05) is 17.7 Å². The van der Waals surface area contributed by atoms with Crippen LogP contribution < -0.4 is 5.32 Å². The molecule has 1 aromatic carbocycles. The molecule has 8 heteroatoms. The molecule has 3 aromatic rings. The third-order valence-electron chi connectivity index (χ3n) is 3.99. The van der Waals surface area contributed by atoms with E-state index >= 15 is 0 Å². The number of aryl methyl sites for hydroxylation is 1. The lowest BCUT2D eigenvalue weighted by Gasteiger charge is -2.17. The van der Waals surface area contributed by atoms with E-state index in [-0.39, 0.29) is 24.4 Å². The van der Waals surface area contributed by atoms with Crippen molar-refractivity contribution in [3.8, 4) is 5.69 Å². The van der Waals surface area contributed by atoms with Gasteiger partial charge >= 0.3 is 0 Å². The number of amides is 2. The van der Waals surface area contributed by atoms with Crippen molar-refractivity contribution in [1.29, 1.82) is 0 Å². The Kier molecular flexibility index (Phi) is 5.53. The van der Waals surface area contributed by atoms with E-state index in [1.54, 1.807) is 17.8 Å². The molecule has 27 heavy (non-hydrogen) atoms. The highest BCUT2D eigenvalue weighted by Crippen LogP contribution is 2.31. The van der Waals surface area contributed by atoms with Crippen LogP contribution >= 0.6 is 22.9 Å². The van der Waals surface area contributed by atoms with Crippen molar-refractivity contribution in [1.82, 2.24) is 20.0 Å². The van der Waals surface area contributed by atoms with Crippen molar-refractivity contribution in [3.63, 3.8) is 0 Å². The first-order valence-electron chi connectivity index (χ1n) is 8.56. The van der Waals surface area contributed by atoms with Gasteiger partial charge < -0.3 is 10.2 Å². The number of nitrogens with one attached hydrogen (secondary N) is 1. The van der Waals surface area contributed by atoms with Crippen molar-refractivity contribution in [2.24, 2.45) is 0 Å². The molecule has 0 aliphatic heterocycles. The van der Waals surface area contributed by atoms with Crippen molar-refractivity contribution in [3.05, 3.63) is 45.9 Å². The number of halogens is 1. The summed E-state index contributed by atoms with van der Waals surface area (Å²) in [6.07, 6.45) is 0. The van der Waals surface area contributed by atoms with Crippen LogP contribution in [0.25, 0.3) is 15.9 Å². The predicted octanol–water partition coefficient (Wildman–Crippen LogP) is 3.65. The van der Waals surface area contributed by atoms with Crippen LogP contribution in [0.3, 0.4) is 0 Å². The molecule has 0 aliphatic carbocycles. The first kappa shape index (κ1) is 19.4. The molecule has 2 aromatic heterocycles. The number of hydrogen-bond donors (Lipinski definition) is 1. The van der Waals surface area contributed by atoms with E-state index in [9.17, 15) is 9.59 Å². The van der Waals surface area contributed by atoms with E-state index in [2.05, 4.69) is 10.4 Å². The quantitative estimate of drug-likeness (QED) is 0.705. The van der Waals surface area contributed by atoms with Crippen LogP contribution in [0.5, 0.6) is 0 Å². The minimum Gasteiger partial charge on any atom is -0.352 e. The second kappa shape index (κ2) is 7.70. The Morgan fingerprint density at radius 3 is 2.74 bits per heavy atom. The SMILES string of the molecule is Cc1nn(-c2cccc(Cl)c2)c2sc(C(=O)N(C)CC(=O)NC(C)C)cc12. The number of nitrogens with zero attached hydrogens (tertiary/aromatic N) is 3. The second-order valence-corrected chi connectivity index (χ2v) is 8.16. The van der Waals surface area contributed by atoms with Crippen molar-refractivity contribution in [2.45, 2.75) is 26.8 Å². The molecule has 0 aliphatic rings. The Hall–Kier alpha value is -2.38. The van der Waals surface area contributed by atoms with Crippen LogP contribution in [0, 0.1) is 6.92 Å². The highest BCUT2D eigenvalue weighted by molar-refractivity contribution is 7.20. The highest BCUT2D eigenvalue weighted by atomic mass is 35.5. The number of thiophene rings is 1.